The molecule has 0 unspecified atom stereocenters. The lowest BCUT2D eigenvalue weighted by molar-refractivity contribution is -0.134. The smallest absolute Gasteiger partial charge is 0.328 e. The summed E-state index contributed by atoms with van der Waals surface area (Å²) in [5.41, 5.74) is 0.502. The molecule has 11 nitrogen and oxygen atoms in total. The van der Waals surface area contributed by atoms with Gasteiger partial charge in [-0.25, -0.2) is 31.6 Å². The van der Waals surface area contributed by atoms with Crippen LogP contribution < -0.4 is 10.5 Å². The molecule has 176 valence electrons. The van der Waals surface area contributed by atoms with Crippen molar-refractivity contribution in [2.45, 2.75) is 27.8 Å². The number of nitrogens with one attached hydrogen (secondary N) is 1. The van der Waals surface area contributed by atoms with Gasteiger partial charge in [0.1, 0.15) is 8.42 Å². The highest BCUT2D eigenvalue weighted by molar-refractivity contribution is 7.98. The number of nitrogens with zero attached hydrogens (tertiary/aromatic N) is 1. The Labute approximate surface area is 189 Å². The van der Waals surface area contributed by atoms with E-state index in [0.29, 0.717) is 37.3 Å². The standard InChI is InChI=1S/C12H21N3O4S4.C4H4O4/c1-3-14-10-8-15(5-4-6-20-2)23(18,19)12-9(10)7-11(21-12)22(13,16)17;5-3(6)1-2-4(7)8/h7,10,14H,3-6,8H2,1-2H3,(H2,13,16,17);1-2H,(H,5,6)(H,7,8)/b;2-1-/t10-;/m0./s1. The Hall–Kier alpha value is -1.49. The molecule has 5 N–H and O–H groups in total. The van der Waals surface area contributed by atoms with Gasteiger partial charge in [-0.3, -0.25) is 0 Å². The number of carbonyl (C=O) groups is 2. The first-order chi connectivity index (χ1) is 14.3. The van der Waals surface area contributed by atoms with E-state index in [1.165, 1.54) is 10.4 Å². The van der Waals surface area contributed by atoms with Gasteiger partial charge in [0, 0.05) is 36.8 Å². The molecule has 0 fully saturated rings. The number of nitrogens with two attached hydrogens (primary N) is 1. The monoisotopic (exact) mass is 515 g/mol. The summed E-state index contributed by atoms with van der Waals surface area (Å²) in [6, 6.07) is 1.17. The number of carboxylic acid groups (broad SMARTS) is 2. The van der Waals surface area contributed by atoms with Crippen LogP contribution in [0.2, 0.25) is 0 Å². The largest absolute Gasteiger partial charge is 0.478 e. The Morgan fingerprint density at radius 2 is 1.94 bits per heavy atom. The van der Waals surface area contributed by atoms with Gasteiger partial charge in [-0.2, -0.15) is 16.1 Å². The summed E-state index contributed by atoms with van der Waals surface area (Å²) in [7, 11) is -7.59. The number of rotatable bonds is 9. The van der Waals surface area contributed by atoms with Crippen molar-refractivity contribution in [1.82, 2.24) is 9.62 Å². The molecule has 0 bridgehead atoms. The molecule has 31 heavy (non-hydrogen) atoms. The highest BCUT2D eigenvalue weighted by atomic mass is 32.3. The molecule has 1 aromatic rings. The third kappa shape index (κ3) is 8.17. The molecule has 0 saturated heterocycles. The number of carboxylic acids is 2. The minimum absolute atomic E-state index is 0.0860. The van der Waals surface area contributed by atoms with Crippen LogP contribution in [-0.4, -0.2) is 74.9 Å². The van der Waals surface area contributed by atoms with Crippen LogP contribution in [0.4, 0.5) is 0 Å². The number of fused-ring (bicyclic) bond motifs is 1. The zero-order valence-electron chi connectivity index (χ0n) is 16.8. The van der Waals surface area contributed by atoms with Crippen LogP contribution in [-0.2, 0) is 29.6 Å². The first kappa shape index (κ1) is 27.5. The minimum Gasteiger partial charge on any atom is -0.478 e. The summed E-state index contributed by atoms with van der Waals surface area (Å²) >= 11 is 2.40. The number of aliphatic carboxylic acids is 2. The molecule has 0 aromatic carbocycles. The van der Waals surface area contributed by atoms with E-state index < -0.39 is 32.0 Å². The van der Waals surface area contributed by atoms with Gasteiger partial charge >= 0.3 is 11.9 Å². The second kappa shape index (κ2) is 11.9. The fraction of sp³-hybridized carbons (Fsp3) is 0.500. The lowest BCUT2D eigenvalue weighted by Gasteiger charge is -2.32. The summed E-state index contributed by atoms with van der Waals surface area (Å²) in [5.74, 6) is -1.64. The van der Waals surface area contributed by atoms with E-state index in [2.05, 4.69) is 5.32 Å². The Morgan fingerprint density at radius 1 is 1.35 bits per heavy atom. The summed E-state index contributed by atoms with van der Waals surface area (Å²) in [5, 5.41) is 24.0. The molecular weight excluding hydrogens is 490 g/mol. The lowest BCUT2D eigenvalue weighted by atomic mass is 10.1. The molecule has 0 saturated carbocycles. The van der Waals surface area contributed by atoms with Crippen LogP contribution in [0.1, 0.15) is 24.9 Å². The highest BCUT2D eigenvalue weighted by Crippen LogP contribution is 2.39. The van der Waals surface area contributed by atoms with E-state index in [4.69, 9.17) is 15.4 Å². The number of hydrogen-bond donors (Lipinski definition) is 4. The van der Waals surface area contributed by atoms with E-state index >= 15 is 0 Å². The van der Waals surface area contributed by atoms with E-state index in [0.717, 1.165) is 23.5 Å². The average Bonchev–Trinajstić information content (AvgIpc) is 3.12. The van der Waals surface area contributed by atoms with Gasteiger partial charge in [-0.15, -0.1) is 11.3 Å². The highest BCUT2D eigenvalue weighted by Gasteiger charge is 2.39. The van der Waals surface area contributed by atoms with Gasteiger partial charge in [0.15, 0.2) is 0 Å². The number of thioether (sulfide) groups is 1. The van der Waals surface area contributed by atoms with Gasteiger partial charge in [0.05, 0.1) is 0 Å². The predicted molar refractivity (Wildman–Crippen MR) is 118 cm³/mol. The molecule has 0 aliphatic carbocycles. The molecule has 2 heterocycles. The molecule has 1 aromatic heterocycles. The molecular formula is C16H25N3O8S4. The third-order valence-electron chi connectivity index (χ3n) is 3.89. The number of likely N-dealkylation sites (N-methyl/N-ethyl adjacent to an activating group) is 1. The first-order valence-electron chi connectivity index (χ1n) is 8.87. The van der Waals surface area contributed by atoms with Crippen molar-refractivity contribution in [1.29, 1.82) is 0 Å². The van der Waals surface area contributed by atoms with Gasteiger partial charge in [0.2, 0.25) is 10.0 Å². The number of primary sulfonamides is 1. The molecule has 1 aliphatic heterocycles. The van der Waals surface area contributed by atoms with Crippen molar-refractivity contribution in [3.63, 3.8) is 0 Å². The van der Waals surface area contributed by atoms with Crippen molar-refractivity contribution < 1.29 is 36.6 Å². The predicted octanol–water partition coefficient (Wildman–Crippen LogP) is 0.515. The maximum absolute atomic E-state index is 12.8. The number of thiophene rings is 1. The molecule has 0 amide bonds. The number of sulfonamides is 2. The zero-order chi connectivity index (χ0) is 23.8. The zero-order valence-corrected chi connectivity index (χ0v) is 20.1. The minimum atomic E-state index is -3.92. The quantitative estimate of drug-likeness (QED) is 0.267. The second-order valence-electron chi connectivity index (χ2n) is 6.18. The first-order valence-corrected chi connectivity index (χ1v) is 14.1. The van der Waals surface area contributed by atoms with E-state index in [-0.39, 0.29) is 14.5 Å². The van der Waals surface area contributed by atoms with Crippen LogP contribution in [0.15, 0.2) is 26.6 Å². The lowest BCUT2D eigenvalue weighted by Crippen LogP contribution is -2.43. The molecule has 0 spiro atoms. The Morgan fingerprint density at radius 3 is 2.39 bits per heavy atom. The van der Waals surface area contributed by atoms with Gasteiger partial charge in [0.25, 0.3) is 10.0 Å². The molecule has 15 heteroatoms. The Balaban J connectivity index is 0.000000512. The Kier molecular flexibility index (Phi) is 10.6. The van der Waals surface area contributed by atoms with Crippen LogP contribution in [0.5, 0.6) is 0 Å². The van der Waals surface area contributed by atoms with Crippen molar-refractivity contribution in [3.05, 3.63) is 23.8 Å². The maximum atomic E-state index is 12.8. The van der Waals surface area contributed by atoms with E-state index in [1.54, 1.807) is 11.8 Å². The average molecular weight is 516 g/mol. The molecule has 1 aliphatic rings. The Bertz CT molecular complexity index is 1000. The van der Waals surface area contributed by atoms with Gasteiger partial charge in [-0.05, 0) is 31.0 Å². The van der Waals surface area contributed by atoms with Crippen LogP contribution >= 0.6 is 23.1 Å². The van der Waals surface area contributed by atoms with E-state index in [1.807, 2.05) is 13.2 Å². The van der Waals surface area contributed by atoms with Crippen molar-refractivity contribution in [3.8, 4) is 0 Å². The van der Waals surface area contributed by atoms with Crippen molar-refractivity contribution >= 4 is 55.1 Å². The summed E-state index contributed by atoms with van der Waals surface area (Å²) in [6.07, 6.45) is 3.84. The summed E-state index contributed by atoms with van der Waals surface area (Å²) < 4.78 is 50.1. The molecule has 0 radical (unpaired) electrons. The second-order valence-corrected chi connectivity index (χ2v) is 12.1. The van der Waals surface area contributed by atoms with Crippen LogP contribution in [0.3, 0.4) is 0 Å². The fourth-order valence-electron chi connectivity index (χ4n) is 2.63. The normalized spacial score (nSPS) is 18.2. The van der Waals surface area contributed by atoms with Crippen molar-refractivity contribution in [2.75, 3.05) is 31.6 Å². The summed E-state index contributed by atoms with van der Waals surface area (Å²) in [4.78, 5) is 19.1. The number of hydrogen-bond acceptors (Lipinski definition) is 9. The van der Waals surface area contributed by atoms with Crippen LogP contribution in [0, 0.1) is 0 Å². The molecule has 2 rings (SSSR count). The fourth-order valence-corrected chi connectivity index (χ4v) is 7.35. The molecule has 1 atom stereocenters. The third-order valence-corrected chi connectivity index (χ3v) is 9.55. The SMILES string of the molecule is CCN[C@H]1CN(CCCSC)S(=O)(=O)c2sc(S(N)(=O)=O)cc21.O=C(O)/C=C\C(=O)O. The van der Waals surface area contributed by atoms with Gasteiger partial charge < -0.3 is 15.5 Å². The van der Waals surface area contributed by atoms with Crippen molar-refractivity contribution in [2.24, 2.45) is 5.14 Å². The topological polar surface area (TPSA) is 184 Å². The summed E-state index contributed by atoms with van der Waals surface area (Å²) in [6.45, 7) is 3.31. The van der Waals surface area contributed by atoms with Crippen LogP contribution in [0.25, 0.3) is 0 Å². The van der Waals surface area contributed by atoms with Gasteiger partial charge in [-0.1, -0.05) is 6.92 Å². The maximum Gasteiger partial charge on any atom is 0.328 e. The van der Waals surface area contributed by atoms with E-state index in [9.17, 15) is 26.4 Å².